The molecule has 2 atom stereocenters. The van der Waals surface area contributed by atoms with Crippen LogP contribution in [0.2, 0.25) is 0 Å². The molecule has 0 aliphatic heterocycles. The fourth-order valence-electron chi connectivity index (χ4n) is 4.19. The van der Waals surface area contributed by atoms with Crippen LogP contribution in [-0.2, 0) is 27.2 Å². The molecular weight excluding hydrogens is 486 g/mol. The zero-order valence-corrected chi connectivity index (χ0v) is 22.1. The molecule has 4 aromatic rings. The van der Waals surface area contributed by atoms with Crippen molar-refractivity contribution in [2.75, 3.05) is 0 Å². The Morgan fingerprint density at radius 1 is 0.946 bits per heavy atom. The molecule has 0 radical (unpaired) electrons. The van der Waals surface area contributed by atoms with Crippen molar-refractivity contribution in [3.05, 3.63) is 71.2 Å². The van der Waals surface area contributed by atoms with Crippen molar-refractivity contribution in [1.29, 1.82) is 0 Å². The second-order valence-corrected chi connectivity index (χ2v) is 10.7. The van der Waals surface area contributed by atoms with Crippen molar-refractivity contribution < 1.29 is 14.4 Å². The highest BCUT2D eigenvalue weighted by atomic mass is 32.1. The van der Waals surface area contributed by atoms with E-state index in [2.05, 4.69) is 20.9 Å². The number of hydrogen-bond acceptors (Lipinski definition) is 5. The maximum absolute atomic E-state index is 13.6. The molecule has 0 fully saturated rings. The van der Waals surface area contributed by atoms with Gasteiger partial charge in [-0.05, 0) is 47.9 Å². The molecule has 2 unspecified atom stereocenters. The number of amides is 3. The molecule has 4 rings (SSSR count). The van der Waals surface area contributed by atoms with E-state index in [1.807, 2.05) is 60.1 Å². The van der Waals surface area contributed by atoms with Crippen LogP contribution in [0, 0.1) is 0 Å². The number of nitrogens with two attached hydrogens (primary N) is 1. The van der Waals surface area contributed by atoms with E-state index in [-0.39, 0.29) is 12.3 Å². The number of hydrogen-bond donors (Lipinski definition) is 5. The van der Waals surface area contributed by atoms with E-state index in [1.54, 1.807) is 32.1 Å². The minimum atomic E-state index is -1.16. The number of rotatable bonds is 10. The number of H-pyrrole nitrogens is 1. The molecule has 194 valence electrons. The van der Waals surface area contributed by atoms with Crippen LogP contribution in [0.25, 0.3) is 21.0 Å². The third-order valence-electron chi connectivity index (χ3n) is 6.26. The topological polar surface area (TPSA) is 129 Å². The van der Waals surface area contributed by atoms with Crippen molar-refractivity contribution in [2.45, 2.75) is 57.8 Å². The standard InChI is InChI=1S/C28H33N5O3S/c1-4-25(34)32-24(14-17-15-30-21-11-7-5-9-19(17)21)33-26(35)22(31-27(36)28(2,3)29)13-18-16-37-23-12-8-6-10-20(18)23/h5-12,15-16,22,24,30H,4,13-14,29H2,1-3H3,(H,31,36)(H,32,34)(H,33,35). The number of carbonyl (C=O) groups is 3. The van der Waals surface area contributed by atoms with Crippen LogP contribution in [0.3, 0.4) is 0 Å². The van der Waals surface area contributed by atoms with Gasteiger partial charge in [-0.25, -0.2) is 0 Å². The summed E-state index contributed by atoms with van der Waals surface area (Å²) in [5, 5.41) is 12.8. The van der Waals surface area contributed by atoms with Crippen molar-refractivity contribution in [3.8, 4) is 0 Å². The number of benzene rings is 2. The highest BCUT2D eigenvalue weighted by molar-refractivity contribution is 7.17. The predicted molar refractivity (Wildman–Crippen MR) is 148 cm³/mol. The van der Waals surface area contributed by atoms with Gasteiger partial charge >= 0.3 is 0 Å². The van der Waals surface area contributed by atoms with E-state index >= 15 is 0 Å². The van der Waals surface area contributed by atoms with Gasteiger partial charge in [0.05, 0.1) is 5.54 Å². The predicted octanol–water partition coefficient (Wildman–Crippen LogP) is 3.36. The molecule has 3 amide bonds. The number of para-hydroxylation sites is 1. The van der Waals surface area contributed by atoms with Gasteiger partial charge in [-0.15, -0.1) is 11.3 Å². The molecular formula is C28H33N5O3S. The lowest BCUT2D eigenvalue weighted by molar-refractivity contribution is -0.132. The molecule has 0 aliphatic carbocycles. The van der Waals surface area contributed by atoms with Crippen LogP contribution in [0.1, 0.15) is 38.3 Å². The van der Waals surface area contributed by atoms with Gasteiger partial charge in [-0.2, -0.15) is 0 Å². The van der Waals surface area contributed by atoms with E-state index in [0.717, 1.165) is 32.1 Å². The number of nitrogens with one attached hydrogen (secondary N) is 4. The Balaban J connectivity index is 1.59. The average molecular weight is 520 g/mol. The average Bonchev–Trinajstić information content (AvgIpc) is 3.47. The number of thiophene rings is 1. The Labute approximate surface area is 220 Å². The van der Waals surface area contributed by atoms with E-state index in [1.165, 1.54) is 0 Å². The van der Waals surface area contributed by atoms with E-state index in [4.69, 9.17) is 5.73 Å². The van der Waals surface area contributed by atoms with Crippen molar-refractivity contribution in [3.63, 3.8) is 0 Å². The summed E-state index contributed by atoms with van der Waals surface area (Å²) < 4.78 is 1.11. The minimum absolute atomic E-state index is 0.183. The Morgan fingerprint density at radius 3 is 2.38 bits per heavy atom. The Bertz CT molecular complexity index is 1420. The Morgan fingerprint density at radius 2 is 1.65 bits per heavy atom. The first kappa shape index (κ1) is 26.4. The molecule has 2 heterocycles. The first-order chi connectivity index (χ1) is 17.7. The van der Waals surface area contributed by atoms with Gasteiger partial charge < -0.3 is 26.7 Å². The highest BCUT2D eigenvalue weighted by Crippen LogP contribution is 2.27. The smallest absolute Gasteiger partial charge is 0.244 e. The fourth-order valence-corrected chi connectivity index (χ4v) is 5.17. The van der Waals surface area contributed by atoms with Gasteiger partial charge in [0.25, 0.3) is 0 Å². The van der Waals surface area contributed by atoms with Crippen LogP contribution in [0.4, 0.5) is 0 Å². The van der Waals surface area contributed by atoms with Gasteiger partial charge in [0, 0.05) is 41.1 Å². The van der Waals surface area contributed by atoms with Gasteiger partial charge in [0.1, 0.15) is 12.2 Å². The molecule has 0 saturated carbocycles. The second-order valence-electron chi connectivity index (χ2n) is 9.75. The monoisotopic (exact) mass is 519 g/mol. The first-order valence-corrected chi connectivity index (χ1v) is 13.2. The van der Waals surface area contributed by atoms with Gasteiger partial charge in [0.2, 0.25) is 17.7 Å². The van der Waals surface area contributed by atoms with E-state index < -0.39 is 29.6 Å². The molecule has 9 heteroatoms. The minimum Gasteiger partial charge on any atom is -0.361 e. The molecule has 2 aromatic carbocycles. The molecule has 0 saturated heterocycles. The molecule has 0 spiro atoms. The van der Waals surface area contributed by atoms with Crippen molar-refractivity contribution >= 4 is 50.0 Å². The summed E-state index contributed by atoms with van der Waals surface area (Å²) in [4.78, 5) is 42.0. The molecule has 0 bridgehead atoms. The van der Waals surface area contributed by atoms with Crippen LogP contribution in [0.15, 0.2) is 60.1 Å². The maximum atomic E-state index is 13.6. The molecule has 37 heavy (non-hydrogen) atoms. The lowest BCUT2D eigenvalue weighted by atomic mass is 10.0. The summed E-state index contributed by atoms with van der Waals surface area (Å²) in [7, 11) is 0. The largest absolute Gasteiger partial charge is 0.361 e. The zero-order chi connectivity index (χ0) is 26.6. The molecule has 8 nitrogen and oxygen atoms in total. The second kappa shape index (κ2) is 11.1. The third-order valence-corrected chi connectivity index (χ3v) is 7.28. The SMILES string of the molecule is CCC(=O)NC(Cc1c[nH]c2ccccc12)NC(=O)C(Cc1csc2ccccc12)NC(=O)C(C)(C)N. The van der Waals surface area contributed by atoms with E-state index in [9.17, 15) is 14.4 Å². The van der Waals surface area contributed by atoms with Gasteiger partial charge in [0.15, 0.2) is 0 Å². The highest BCUT2D eigenvalue weighted by Gasteiger charge is 2.30. The third kappa shape index (κ3) is 6.36. The van der Waals surface area contributed by atoms with Gasteiger partial charge in [-0.1, -0.05) is 43.3 Å². The summed E-state index contributed by atoms with van der Waals surface area (Å²) in [5.74, 6) is -1.01. The van der Waals surface area contributed by atoms with Crippen molar-refractivity contribution in [1.82, 2.24) is 20.9 Å². The lowest BCUT2D eigenvalue weighted by Crippen LogP contribution is -2.59. The zero-order valence-electron chi connectivity index (χ0n) is 21.3. The number of carbonyl (C=O) groups excluding carboxylic acids is 3. The number of aromatic nitrogens is 1. The summed E-state index contributed by atoms with van der Waals surface area (Å²) in [5.41, 5.74) is 7.76. The van der Waals surface area contributed by atoms with Crippen LogP contribution in [-0.4, -0.2) is 40.5 Å². The quantitative estimate of drug-likeness (QED) is 0.206. The van der Waals surface area contributed by atoms with Gasteiger partial charge in [-0.3, -0.25) is 14.4 Å². The maximum Gasteiger partial charge on any atom is 0.244 e. The van der Waals surface area contributed by atoms with Crippen LogP contribution in [0.5, 0.6) is 0 Å². The molecule has 6 N–H and O–H groups in total. The van der Waals surface area contributed by atoms with Crippen molar-refractivity contribution in [2.24, 2.45) is 5.73 Å². The number of fused-ring (bicyclic) bond motifs is 2. The summed E-state index contributed by atoms with van der Waals surface area (Å²) in [6.45, 7) is 4.95. The molecule has 2 aromatic heterocycles. The summed E-state index contributed by atoms with van der Waals surface area (Å²) in [6, 6.07) is 14.9. The fraction of sp³-hybridized carbons (Fsp3) is 0.321. The Hall–Kier alpha value is -3.69. The van der Waals surface area contributed by atoms with Crippen LogP contribution >= 0.6 is 11.3 Å². The number of aromatic amines is 1. The van der Waals surface area contributed by atoms with E-state index in [0.29, 0.717) is 12.8 Å². The summed E-state index contributed by atoms with van der Waals surface area (Å²) >= 11 is 1.59. The van der Waals surface area contributed by atoms with Crippen LogP contribution < -0.4 is 21.7 Å². The normalized spacial score (nSPS) is 13.3. The molecule has 0 aliphatic rings. The first-order valence-electron chi connectivity index (χ1n) is 12.4. The Kier molecular flexibility index (Phi) is 7.94. The lowest BCUT2D eigenvalue weighted by Gasteiger charge is -2.26. The summed E-state index contributed by atoms with van der Waals surface area (Å²) in [6.07, 6.45) is 2.17.